The van der Waals surface area contributed by atoms with Gasteiger partial charge in [0.05, 0.1) is 16.2 Å². The molecule has 0 saturated carbocycles. The van der Waals surface area contributed by atoms with Gasteiger partial charge in [-0.15, -0.1) is 0 Å². The summed E-state index contributed by atoms with van der Waals surface area (Å²) in [5.74, 6) is -0.270. The van der Waals surface area contributed by atoms with Crippen molar-refractivity contribution in [3.8, 4) is 0 Å². The first-order valence-electron chi connectivity index (χ1n) is 14.0. The molecule has 2 fully saturated rings. The fraction of sp³-hybridized carbons (Fsp3) is 0.323. The Morgan fingerprint density at radius 1 is 0.925 bits per heavy atom. The molecule has 3 heterocycles. The molecule has 0 spiro atoms. The van der Waals surface area contributed by atoms with Crippen LogP contribution in [0.2, 0.25) is 0 Å². The first-order valence-corrected chi connectivity index (χ1v) is 15.5. The van der Waals surface area contributed by atoms with Gasteiger partial charge in [-0.3, -0.25) is 9.69 Å². The van der Waals surface area contributed by atoms with Crippen molar-refractivity contribution in [2.75, 3.05) is 36.8 Å². The second-order valence-corrected chi connectivity index (χ2v) is 12.4. The predicted molar refractivity (Wildman–Crippen MR) is 159 cm³/mol. The van der Waals surface area contributed by atoms with Gasteiger partial charge < -0.3 is 16.0 Å². The van der Waals surface area contributed by atoms with Crippen molar-refractivity contribution in [3.63, 3.8) is 0 Å². The van der Waals surface area contributed by atoms with Gasteiger partial charge >= 0.3 is 0 Å². The largest absolute Gasteiger partial charge is 0.354 e. The van der Waals surface area contributed by atoms with E-state index in [1.165, 1.54) is 18.4 Å². The van der Waals surface area contributed by atoms with Gasteiger partial charge in [0, 0.05) is 29.5 Å². The van der Waals surface area contributed by atoms with E-state index in [0.717, 1.165) is 56.8 Å². The van der Waals surface area contributed by atoms with Gasteiger partial charge in [0.25, 0.3) is 5.91 Å². The Hall–Kier alpha value is -3.50. The zero-order valence-electron chi connectivity index (χ0n) is 22.4. The zero-order chi connectivity index (χ0) is 27.5. The number of anilines is 2. The number of sulfonamides is 1. The molecule has 0 atom stereocenters. The Morgan fingerprint density at radius 3 is 2.38 bits per heavy atom. The van der Waals surface area contributed by atoms with Crippen LogP contribution in [-0.4, -0.2) is 51.4 Å². The molecule has 0 aromatic heterocycles. The third-order valence-electron chi connectivity index (χ3n) is 7.85. The molecule has 0 unspecified atom stereocenters. The maximum Gasteiger partial charge on any atom is 0.258 e. The van der Waals surface area contributed by atoms with Crippen LogP contribution in [0.15, 0.2) is 77.7 Å². The zero-order valence-corrected chi connectivity index (χ0v) is 23.3. The highest BCUT2D eigenvalue weighted by molar-refractivity contribution is 7.89. The Balaban J connectivity index is 1.34. The smallest absolute Gasteiger partial charge is 0.258 e. The SMILES string of the molecule is O=C1Nc2ccc(S(=O)(=O)NC3CCNCC3)cc2/C1=C(/Nc1ccc(CN2CCCC2)cc1)c1ccccc1. The molecule has 4 N–H and O–H groups in total. The second kappa shape index (κ2) is 11.5. The summed E-state index contributed by atoms with van der Waals surface area (Å²) >= 11 is 0. The minimum Gasteiger partial charge on any atom is -0.354 e. The molecule has 6 rings (SSSR count). The molecule has 40 heavy (non-hydrogen) atoms. The number of nitrogens with one attached hydrogen (secondary N) is 4. The van der Waals surface area contributed by atoms with Gasteiger partial charge in [-0.1, -0.05) is 42.5 Å². The lowest BCUT2D eigenvalue weighted by atomic mass is 10.00. The van der Waals surface area contributed by atoms with E-state index >= 15 is 0 Å². The highest BCUT2D eigenvalue weighted by atomic mass is 32.2. The van der Waals surface area contributed by atoms with E-state index in [9.17, 15) is 13.2 Å². The molecule has 1 amide bonds. The first-order chi connectivity index (χ1) is 19.5. The summed E-state index contributed by atoms with van der Waals surface area (Å²) in [4.78, 5) is 16.0. The number of likely N-dealkylation sites (tertiary alicyclic amines) is 1. The van der Waals surface area contributed by atoms with Gasteiger partial charge in [-0.2, -0.15) is 0 Å². The van der Waals surface area contributed by atoms with Crippen molar-refractivity contribution < 1.29 is 13.2 Å². The lowest BCUT2D eigenvalue weighted by Gasteiger charge is -2.23. The lowest BCUT2D eigenvalue weighted by Crippen LogP contribution is -2.42. The van der Waals surface area contributed by atoms with Crippen LogP contribution in [0.25, 0.3) is 11.3 Å². The fourth-order valence-corrected chi connectivity index (χ4v) is 7.04. The van der Waals surface area contributed by atoms with E-state index in [2.05, 4.69) is 37.7 Å². The summed E-state index contributed by atoms with van der Waals surface area (Å²) in [5.41, 5.74) is 5.15. The second-order valence-electron chi connectivity index (χ2n) is 10.7. The number of amides is 1. The van der Waals surface area contributed by atoms with E-state index in [4.69, 9.17) is 0 Å². The van der Waals surface area contributed by atoms with Gasteiger partial charge in [0.15, 0.2) is 0 Å². The summed E-state index contributed by atoms with van der Waals surface area (Å²) in [6.45, 7) is 4.79. The normalized spacial score (nSPS) is 19.4. The molecule has 3 aromatic rings. The minimum atomic E-state index is -3.75. The molecular weight excluding hydrogens is 522 g/mol. The lowest BCUT2D eigenvalue weighted by molar-refractivity contribution is -0.110. The van der Waals surface area contributed by atoms with Crippen LogP contribution in [0.1, 0.15) is 42.4 Å². The van der Waals surface area contributed by atoms with Crippen molar-refractivity contribution in [3.05, 3.63) is 89.5 Å². The molecule has 208 valence electrons. The summed E-state index contributed by atoms with van der Waals surface area (Å²) in [6, 6.07) is 22.7. The van der Waals surface area contributed by atoms with Crippen molar-refractivity contribution in [2.24, 2.45) is 0 Å². The highest BCUT2D eigenvalue weighted by Gasteiger charge is 2.31. The minimum absolute atomic E-state index is 0.107. The van der Waals surface area contributed by atoms with E-state index < -0.39 is 10.0 Å². The molecular formula is C31H35N5O3S. The Kier molecular flexibility index (Phi) is 7.71. The molecule has 8 nitrogen and oxygen atoms in total. The highest BCUT2D eigenvalue weighted by Crippen LogP contribution is 2.39. The van der Waals surface area contributed by atoms with Crippen molar-refractivity contribution in [1.82, 2.24) is 14.9 Å². The quantitative estimate of drug-likeness (QED) is 0.309. The average molecular weight is 558 g/mol. The number of fused-ring (bicyclic) bond motifs is 1. The standard InChI is InChI=1S/C31H35N5O3S/c37-31-29(27-20-26(12-13-28(27)34-31)40(38,39)35-25-14-16-32-17-15-25)30(23-6-2-1-3-7-23)33-24-10-8-22(9-11-24)21-36-18-4-5-19-36/h1-3,6-13,20,25,32-33,35H,4-5,14-19,21H2,(H,34,37)/b30-29-. The van der Waals surface area contributed by atoms with Crippen LogP contribution in [-0.2, 0) is 21.4 Å². The van der Waals surface area contributed by atoms with Crippen LogP contribution >= 0.6 is 0 Å². The maximum atomic E-state index is 13.4. The van der Waals surface area contributed by atoms with Gasteiger partial charge in [0.1, 0.15) is 0 Å². The molecule has 0 radical (unpaired) electrons. The molecule has 0 aliphatic carbocycles. The van der Waals surface area contributed by atoms with Crippen LogP contribution in [0.3, 0.4) is 0 Å². The molecule has 9 heteroatoms. The molecule has 3 aromatic carbocycles. The summed E-state index contributed by atoms with van der Waals surface area (Å²) in [5, 5.41) is 9.67. The molecule has 3 aliphatic heterocycles. The van der Waals surface area contributed by atoms with Gasteiger partial charge in [-0.05, 0) is 93.3 Å². The third-order valence-corrected chi connectivity index (χ3v) is 9.37. The van der Waals surface area contributed by atoms with E-state index in [0.29, 0.717) is 22.5 Å². The molecule has 3 aliphatic rings. The number of piperidine rings is 1. The topological polar surface area (TPSA) is 103 Å². The monoisotopic (exact) mass is 557 g/mol. The van der Waals surface area contributed by atoms with Crippen LogP contribution in [0.4, 0.5) is 11.4 Å². The number of hydrogen-bond donors (Lipinski definition) is 4. The van der Waals surface area contributed by atoms with E-state index in [1.807, 2.05) is 42.5 Å². The number of nitrogens with zero attached hydrogens (tertiary/aromatic N) is 1. The van der Waals surface area contributed by atoms with Crippen LogP contribution in [0, 0.1) is 0 Å². The number of benzene rings is 3. The van der Waals surface area contributed by atoms with E-state index in [1.54, 1.807) is 18.2 Å². The third kappa shape index (κ3) is 5.83. The number of rotatable bonds is 8. The van der Waals surface area contributed by atoms with Crippen molar-refractivity contribution in [2.45, 2.75) is 43.2 Å². The fourth-order valence-electron chi connectivity index (χ4n) is 5.71. The first kappa shape index (κ1) is 26.7. The summed E-state index contributed by atoms with van der Waals surface area (Å²) < 4.78 is 29.5. The number of hydrogen-bond acceptors (Lipinski definition) is 6. The maximum absolute atomic E-state index is 13.4. The number of carbonyl (C=O) groups excluding carboxylic acids is 1. The van der Waals surface area contributed by atoms with Crippen LogP contribution in [0.5, 0.6) is 0 Å². The molecule has 0 bridgehead atoms. The van der Waals surface area contributed by atoms with Crippen LogP contribution < -0.4 is 20.7 Å². The van der Waals surface area contributed by atoms with E-state index in [-0.39, 0.29) is 16.8 Å². The number of carbonyl (C=O) groups is 1. The van der Waals surface area contributed by atoms with Gasteiger partial charge in [0.2, 0.25) is 10.0 Å². The average Bonchev–Trinajstić information content (AvgIpc) is 3.60. The Labute approximate surface area is 235 Å². The van der Waals surface area contributed by atoms with Gasteiger partial charge in [-0.25, -0.2) is 13.1 Å². The van der Waals surface area contributed by atoms with Crippen molar-refractivity contribution in [1.29, 1.82) is 0 Å². The summed E-state index contributed by atoms with van der Waals surface area (Å²) in [7, 11) is -3.75. The Morgan fingerprint density at radius 2 is 1.65 bits per heavy atom. The summed E-state index contributed by atoms with van der Waals surface area (Å²) in [6.07, 6.45) is 4.01. The molecule has 2 saturated heterocycles. The van der Waals surface area contributed by atoms with Crippen molar-refractivity contribution >= 4 is 38.6 Å². The predicted octanol–water partition coefficient (Wildman–Crippen LogP) is 4.25. The Bertz CT molecular complexity index is 1510.